The molecule has 8 heavy (non-hydrogen) atoms. The van der Waals surface area contributed by atoms with Gasteiger partial charge in [-0.1, -0.05) is 0 Å². The van der Waals surface area contributed by atoms with E-state index in [-0.39, 0.29) is 53.3 Å². The predicted octanol–water partition coefficient (Wildman–Crippen LogP) is -5.83. The normalized spacial score (nSPS) is 7.38. The van der Waals surface area contributed by atoms with Gasteiger partial charge in [-0.15, -0.1) is 0 Å². The summed E-state index contributed by atoms with van der Waals surface area (Å²) in [5.74, 6) is 0. The van der Waals surface area contributed by atoms with Gasteiger partial charge in [-0.2, -0.15) is 7.82 Å². The minimum Gasteiger partial charge on any atom is -1.00 e. The fourth-order valence-corrected chi connectivity index (χ4v) is 0. The smallest absolute Gasteiger partial charge is 1.00 e. The summed E-state index contributed by atoms with van der Waals surface area (Å²) in [5.41, 5.74) is 0. The van der Waals surface area contributed by atoms with Gasteiger partial charge in [0.15, 0.2) is 0 Å². The van der Waals surface area contributed by atoms with Crippen molar-refractivity contribution in [2.45, 2.75) is 0 Å². The summed E-state index contributed by atoms with van der Waals surface area (Å²) in [6.07, 6.45) is 0. The van der Waals surface area contributed by atoms with E-state index >= 15 is 0 Å². The molecule has 4 nitrogen and oxygen atoms in total. The Kier molecular flexibility index (Phi) is 24.6. The molecule has 0 N–H and O–H groups in total. The third kappa shape index (κ3) is 117. The molecule has 8 heteroatoms. The summed E-state index contributed by atoms with van der Waals surface area (Å²) < 4.78 is 8.55. The Labute approximate surface area is 80.0 Å². The first-order chi connectivity index (χ1) is 2.00. The molecule has 0 aliphatic heterocycles. The molecule has 0 radical (unpaired) electrons. The summed E-state index contributed by atoms with van der Waals surface area (Å²) in [7, 11) is -5.39. The fourth-order valence-electron chi connectivity index (χ4n) is 0. The first-order valence-corrected chi connectivity index (χ1v) is 2.19. The molecular formula is ClO4PPd2. The van der Waals surface area contributed by atoms with Crippen molar-refractivity contribution in [2.75, 3.05) is 0 Å². The van der Waals surface area contributed by atoms with E-state index in [9.17, 15) is 0 Å². The van der Waals surface area contributed by atoms with Crippen molar-refractivity contribution >= 4 is 7.82 Å². The maximum atomic E-state index is 8.55. The second-order valence-electron chi connectivity index (χ2n) is 0.447. The van der Waals surface area contributed by atoms with Gasteiger partial charge in [-0.25, -0.2) is 0 Å². The summed E-state index contributed by atoms with van der Waals surface area (Å²) in [6.45, 7) is 0. The molecule has 0 rings (SSSR count). The van der Waals surface area contributed by atoms with Crippen LogP contribution in [-0.2, 0) is 45.4 Å². The van der Waals surface area contributed by atoms with Crippen molar-refractivity contribution in [1.29, 1.82) is 0 Å². The molecule has 0 atom stereocenters. The Morgan fingerprint density at radius 2 is 1.00 bits per heavy atom. The van der Waals surface area contributed by atoms with Crippen LogP contribution in [0.4, 0.5) is 0 Å². The number of hydrogen-bond acceptors (Lipinski definition) is 4. The molecule has 0 aromatic rings. The maximum Gasteiger partial charge on any atom is 2.00 e. The van der Waals surface area contributed by atoms with Gasteiger partial charge < -0.3 is 31.7 Å². The van der Waals surface area contributed by atoms with E-state index < -0.39 is 7.82 Å². The zero-order valence-corrected chi connectivity index (χ0v) is 7.85. The second kappa shape index (κ2) is 8.72. The monoisotopic (exact) mass is 342 g/mol. The molecule has 0 saturated heterocycles. The molecule has 0 heterocycles. The molecule has 0 unspecified atom stereocenters. The van der Waals surface area contributed by atoms with Crippen molar-refractivity contribution in [3.05, 3.63) is 0 Å². The summed E-state index contributed by atoms with van der Waals surface area (Å²) in [5, 5.41) is 0. The van der Waals surface area contributed by atoms with Gasteiger partial charge in [0.2, 0.25) is 0 Å². The average Bonchev–Trinajstić information content (AvgIpc) is 0.722. The molecular weight excluding hydrogens is 343 g/mol. The third-order valence-corrected chi connectivity index (χ3v) is 0. The van der Waals surface area contributed by atoms with E-state index in [1.807, 2.05) is 0 Å². The molecule has 0 aliphatic rings. The molecule has 0 bridgehead atoms. The predicted molar refractivity (Wildman–Crippen MR) is 7.61 cm³/mol. The van der Waals surface area contributed by atoms with Gasteiger partial charge in [0, 0.05) is 0 Å². The Hall–Kier alpha value is 1.72. The first-order valence-electron chi connectivity index (χ1n) is 0.730. The van der Waals surface area contributed by atoms with Crippen LogP contribution in [0.1, 0.15) is 0 Å². The van der Waals surface area contributed by atoms with Gasteiger partial charge in [0.1, 0.15) is 0 Å². The van der Waals surface area contributed by atoms with Crippen molar-refractivity contribution in [3.63, 3.8) is 0 Å². The topological polar surface area (TPSA) is 86.2 Å². The Balaban J connectivity index is -0.0000000267. The van der Waals surface area contributed by atoms with Gasteiger partial charge in [-0.3, -0.25) is 0 Å². The number of halogens is 1. The zero-order chi connectivity index (χ0) is 4.50. The Bertz CT molecular complexity index is 60.2. The molecule has 0 fully saturated rings. The van der Waals surface area contributed by atoms with Crippen LogP contribution >= 0.6 is 7.82 Å². The molecule has 0 spiro atoms. The number of rotatable bonds is 0. The van der Waals surface area contributed by atoms with Gasteiger partial charge in [0.05, 0.1) is 0 Å². The van der Waals surface area contributed by atoms with E-state index in [2.05, 4.69) is 0 Å². The third-order valence-electron chi connectivity index (χ3n) is 0. The first kappa shape index (κ1) is 22.6. The van der Waals surface area contributed by atoms with Crippen LogP contribution in [-0.4, -0.2) is 0 Å². The molecule has 56 valence electrons. The quantitative estimate of drug-likeness (QED) is 0.324. The van der Waals surface area contributed by atoms with Gasteiger partial charge in [0.25, 0.3) is 0 Å². The number of hydrogen-bond donors (Lipinski definition) is 0. The summed E-state index contributed by atoms with van der Waals surface area (Å²) in [4.78, 5) is 25.6. The number of phosphoric acid groups is 1. The van der Waals surface area contributed by atoms with Crippen LogP contribution in [0.3, 0.4) is 0 Å². The van der Waals surface area contributed by atoms with Crippen molar-refractivity contribution in [1.82, 2.24) is 0 Å². The van der Waals surface area contributed by atoms with E-state index in [0.29, 0.717) is 0 Å². The van der Waals surface area contributed by atoms with Crippen LogP contribution in [0.5, 0.6) is 0 Å². The van der Waals surface area contributed by atoms with Crippen molar-refractivity contribution < 1.29 is 72.5 Å². The van der Waals surface area contributed by atoms with Crippen LogP contribution in [0.2, 0.25) is 0 Å². The summed E-state index contributed by atoms with van der Waals surface area (Å²) in [6, 6.07) is 0. The van der Waals surface area contributed by atoms with Gasteiger partial charge >= 0.3 is 40.8 Å². The minimum absolute atomic E-state index is 0. The Morgan fingerprint density at radius 3 is 1.00 bits per heavy atom. The molecule has 0 saturated carbocycles. The summed E-state index contributed by atoms with van der Waals surface area (Å²) >= 11 is 0. The fraction of sp³-hybridized carbons (Fsp3) is 0. The second-order valence-corrected chi connectivity index (χ2v) is 1.34. The molecule has 0 aromatic heterocycles. The largest absolute Gasteiger partial charge is 2.00 e. The Morgan fingerprint density at radius 1 is 1.00 bits per heavy atom. The average molecular weight is 343 g/mol. The van der Waals surface area contributed by atoms with E-state index in [1.165, 1.54) is 0 Å². The van der Waals surface area contributed by atoms with Crippen molar-refractivity contribution in [2.24, 2.45) is 0 Å². The minimum atomic E-state index is -5.39. The van der Waals surface area contributed by atoms with E-state index in [0.717, 1.165) is 0 Å². The zero-order valence-electron chi connectivity index (χ0n) is 3.09. The molecule has 0 aliphatic carbocycles. The van der Waals surface area contributed by atoms with Crippen LogP contribution in [0.25, 0.3) is 0 Å². The van der Waals surface area contributed by atoms with Crippen LogP contribution in [0.15, 0.2) is 0 Å². The van der Waals surface area contributed by atoms with E-state index in [1.54, 1.807) is 0 Å². The maximum absolute atomic E-state index is 8.55. The standard InChI is InChI=1S/ClH.H3O4P.2Pd/c;1-5(2,3)4;;/h1H;(H3,1,2,3,4);;/q;;2*+2/p-4. The van der Waals surface area contributed by atoms with Gasteiger partial charge in [-0.05, 0) is 0 Å². The molecule has 0 amide bonds. The van der Waals surface area contributed by atoms with Crippen LogP contribution in [0, 0.1) is 0 Å². The van der Waals surface area contributed by atoms with E-state index in [4.69, 9.17) is 19.2 Å². The van der Waals surface area contributed by atoms with Crippen molar-refractivity contribution in [3.8, 4) is 0 Å². The molecule has 0 aromatic carbocycles. The SMILES string of the molecule is O=P([O-])([O-])[O-].[Cl-].[Pd+2].[Pd+2]. The van der Waals surface area contributed by atoms with Crippen LogP contribution < -0.4 is 27.1 Å².